The number of piperazine rings is 1. The summed E-state index contributed by atoms with van der Waals surface area (Å²) in [6.45, 7) is 5.19. The van der Waals surface area contributed by atoms with E-state index in [1.165, 1.54) is 6.33 Å². The molecule has 1 aliphatic heterocycles. The van der Waals surface area contributed by atoms with E-state index in [1.807, 2.05) is 59.5 Å². The van der Waals surface area contributed by atoms with Crippen LogP contribution in [0.5, 0.6) is 0 Å². The van der Waals surface area contributed by atoms with Gasteiger partial charge >= 0.3 is 0 Å². The van der Waals surface area contributed by atoms with Crippen LogP contribution >= 0.6 is 11.6 Å². The van der Waals surface area contributed by atoms with Crippen LogP contribution in [0.3, 0.4) is 0 Å². The van der Waals surface area contributed by atoms with Crippen molar-refractivity contribution in [2.45, 2.75) is 43.7 Å². The highest BCUT2D eigenvalue weighted by Crippen LogP contribution is 2.42. The highest BCUT2D eigenvalue weighted by atomic mass is 35.5. The van der Waals surface area contributed by atoms with Crippen molar-refractivity contribution in [2.75, 3.05) is 44.2 Å². The number of rotatable bonds is 9. The summed E-state index contributed by atoms with van der Waals surface area (Å²) in [6.07, 6.45) is 2.25. The van der Waals surface area contributed by atoms with Crippen molar-refractivity contribution in [3.05, 3.63) is 88.3 Å². The lowest BCUT2D eigenvalue weighted by atomic mass is 9.93. The number of anilines is 1. The lowest BCUT2D eigenvalue weighted by Gasteiger charge is -2.38. The Morgan fingerprint density at radius 2 is 1.77 bits per heavy atom. The molecule has 2 aromatic carbocycles. The van der Waals surface area contributed by atoms with E-state index in [1.54, 1.807) is 0 Å². The summed E-state index contributed by atoms with van der Waals surface area (Å²) < 4.78 is 0. The molecular formula is C30H36ClN5O3. The largest absolute Gasteiger partial charge is 0.394 e. The van der Waals surface area contributed by atoms with Gasteiger partial charge in [0.2, 0.25) is 5.91 Å². The van der Waals surface area contributed by atoms with Crippen LogP contribution in [0.25, 0.3) is 0 Å². The zero-order valence-corrected chi connectivity index (χ0v) is 23.0. The molecule has 3 N–H and O–H groups in total. The second-order valence-electron chi connectivity index (χ2n) is 10.5. The molecule has 1 unspecified atom stereocenters. The summed E-state index contributed by atoms with van der Waals surface area (Å²) in [6, 6.07) is 17.2. The maximum Gasteiger partial charge on any atom is 0.230 e. The third kappa shape index (κ3) is 6.09. The molecule has 0 bridgehead atoms. The molecular weight excluding hydrogens is 514 g/mol. The van der Waals surface area contributed by atoms with Crippen LogP contribution in [0, 0.1) is 0 Å². The number of fused-ring (bicyclic) bond motifs is 1. The summed E-state index contributed by atoms with van der Waals surface area (Å²) in [5.74, 6) is 0.850. The van der Waals surface area contributed by atoms with Crippen molar-refractivity contribution in [1.29, 1.82) is 0 Å². The van der Waals surface area contributed by atoms with Crippen LogP contribution in [-0.4, -0.2) is 70.3 Å². The number of hydrogen-bond donors (Lipinski definition) is 3. The molecule has 206 valence electrons. The van der Waals surface area contributed by atoms with Gasteiger partial charge in [-0.1, -0.05) is 61.0 Å². The Morgan fingerprint density at radius 3 is 2.46 bits per heavy atom. The van der Waals surface area contributed by atoms with Gasteiger partial charge in [-0.3, -0.25) is 4.79 Å². The maximum atomic E-state index is 13.9. The van der Waals surface area contributed by atoms with Gasteiger partial charge in [0, 0.05) is 36.8 Å². The van der Waals surface area contributed by atoms with E-state index >= 15 is 0 Å². The zero-order chi connectivity index (χ0) is 27.4. The molecule has 9 heteroatoms. The molecule has 2 aliphatic rings. The summed E-state index contributed by atoms with van der Waals surface area (Å²) in [5, 5.41) is 24.4. The number of carbonyl (C=O) groups excluding carboxylic acids is 1. The Hall–Kier alpha value is -3.04. The van der Waals surface area contributed by atoms with Gasteiger partial charge in [0.15, 0.2) is 0 Å². The Labute approximate surface area is 234 Å². The molecule has 1 aliphatic carbocycles. The molecule has 1 saturated heterocycles. The molecule has 1 aromatic heterocycles. The van der Waals surface area contributed by atoms with Crippen LogP contribution in [0.4, 0.5) is 5.82 Å². The minimum atomic E-state index is -0.541. The fraction of sp³-hybridized carbons (Fsp3) is 0.433. The maximum absolute atomic E-state index is 13.9. The second kappa shape index (κ2) is 12.4. The highest BCUT2D eigenvalue weighted by molar-refractivity contribution is 6.30. The lowest BCUT2D eigenvalue weighted by Crippen LogP contribution is -2.50. The highest BCUT2D eigenvalue weighted by Gasteiger charge is 2.35. The van der Waals surface area contributed by atoms with Crippen LogP contribution in [0.1, 0.15) is 66.1 Å². The Kier molecular flexibility index (Phi) is 8.77. The minimum absolute atomic E-state index is 0.0199. The molecule has 0 saturated carbocycles. The van der Waals surface area contributed by atoms with Gasteiger partial charge in [0.1, 0.15) is 12.1 Å². The van der Waals surface area contributed by atoms with Crippen LogP contribution in [-0.2, 0) is 4.79 Å². The van der Waals surface area contributed by atoms with Gasteiger partial charge in [-0.25, -0.2) is 9.97 Å². The first-order chi connectivity index (χ1) is 19.0. The summed E-state index contributed by atoms with van der Waals surface area (Å²) in [5.41, 5.74) is 3.72. The molecule has 4 atom stereocenters. The van der Waals surface area contributed by atoms with E-state index in [0.717, 1.165) is 28.2 Å². The number of amides is 1. The molecule has 0 radical (unpaired) electrons. The van der Waals surface area contributed by atoms with Crippen molar-refractivity contribution in [1.82, 2.24) is 20.2 Å². The predicted molar refractivity (Wildman–Crippen MR) is 152 cm³/mol. The summed E-state index contributed by atoms with van der Waals surface area (Å²) in [7, 11) is 0. The molecule has 0 spiro atoms. The lowest BCUT2D eigenvalue weighted by molar-refractivity contribution is -0.133. The molecule has 39 heavy (non-hydrogen) atoms. The minimum Gasteiger partial charge on any atom is -0.394 e. The average molecular weight is 550 g/mol. The third-order valence-electron chi connectivity index (χ3n) is 7.95. The fourth-order valence-electron chi connectivity index (χ4n) is 5.82. The molecule has 1 amide bonds. The smallest absolute Gasteiger partial charge is 0.230 e. The van der Waals surface area contributed by atoms with Crippen molar-refractivity contribution in [2.24, 2.45) is 0 Å². The number of nitrogens with one attached hydrogen (secondary N) is 1. The first-order valence-corrected chi connectivity index (χ1v) is 14.0. The Bertz CT molecular complexity index is 1250. The predicted octanol–water partition coefficient (Wildman–Crippen LogP) is 3.82. The van der Waals surface area contributed by atoms with Gasteiger partial charge in [-0.2, -0.15) is 0 Å². The van der Waals surface area contributed by atoms with Gasteiger partial charge in [-0.05, 0) is 48.6 Å². The normalized spacial score (nSPS) is 20.5. The van der Waals surface area contributed by atoms with Crippen molar-refractivity contribution in [3.8, 4) is 0 Å². The number of hydrogen-bond acceptors (Lipinski definition) is 7. The van der Waals surface area contributed by atoms with Crippen molar-refractivity contribution in [3.63, 3.8) is 0 Å². The summed E-state index contributed by atoms with van der Waals surface area (Å²) in [4.78, 5) is 26.9. The third-order valence-corrected chi connectivity index (χ3v) is 8.20. The van der Waals surface area contributed by atoms with E-state index < -0.39 is 6.10 Å². The fourth-order valence-corrected chi connectivity index (χ4v) is 5.94. The first kappa shape index (κ1) is 27.5. The summed E-state index contributed by atoms with van der Waals surface area (Å²) >= 11 is 6.14. The first-order valence-electron chi connectivity index (χ1n) is 13.7. The van der Waals surface area contributed by atoms with E-state index in [0.29, 0.717) is 50.6 Å². The number of aromatic nitrogens is 2. The standard InChI is InChI=1S/C30H36ClN5O3/c1-20-17-26(38)28-27(20)29(34-19-33-28)35-13-15-36(16-14-35)30(39)24(21-7-9-23(31)10-8-21)11-12-32-25(18-37)22-5-3-2-4-6-22/h2-10,19-20,24-26,32,37-38H,11-18H2,1H3/t20-,24-,25?,26-/m1/s1. The second-order valence-corrected chi connectivity index (χ2v) is 10.9. The molecule has 5 rings (SSSR count). The zero-order valence-electron chi connectivity index (χ0n) is 22.2. The number of carbonyl (C=O) groups is 1. The molecule has 2 heterocycles. The van der Waals surface area contributed by atoms with Crippen LogP contribution in [0.2, 0.25) is 5.02 Å². The van der Waals surface area contributed by atoms with E-state index in [-0.39, 0.29) is 30.4 Å². The quantitative estimate of drug-likeness (QED) is 0.373. The monoisotopic (exact) mass is 549 g/mol. The van der Waals surface area contributed by atoms with Crippen LogP contribution < -0.4 is 10.2 Å². The van der Waals surface area contributed by atoms with Gasteiger partial charge < -0.3 is 25.3 Å². The number of nitrogens with zero attached hydrogens (tertiary/aromatic N) is 4. The van der Waals surface area contributed by atoms with Crippen LogP contribution in [0.15, 0.2) is 60.9 Å². The van der Waals surface area contributed by atoms with Gasteiger partial charge in [-0.15, -0.1) is 0 Å². The number of benzene rings is 2. The molecule has 8 nitrogen and oxygen atoms in total. The molecule has 3 aromatic rings. The topological polar surface area (TPSA) is 102 Å². The van der Waals surface area contributed by atoms with E-state index in [2.05, 4.69) is 27.1 Å². The van der Waals surface area contributed by atoms with E-state index in [4.69, 9.17) is 11.6 Å². The number of aliphatic hydroxyl groups is 2. The van der Waals surface area contributed by atoms with Gasteiger partial charge in [0.05, 0.1) is 30.4 Å². The average Bonchev–Trinajstić information content (AvgIpc) is 3.27. The Balaban J connectivity index is 1.26. The molecule has 1 fully saturated rings. The Morgan fingerprint density at radius 1 is 1.05 bits per heavy atom. The van der Waals surface area contributed by atoms with E-state index in [9.17, 15) is 15.0 Å². The van der Waals surface area contributed by atoms with Crippen molar-refractivity contribution < 1.29 is 15.0 Å². The van der Waals surface area contributed by atoms with Crippen molar-refractivity contribution >= 4 is 23.3 Å². The number of halogens is 1. The number of aliphatic hydroxyl groups excluding tert-OH is 2. The SMILES string of the molecule is C[C@@H]1C[C@@H](O)c2ncnc(N3CCN(C(=O)[C@H](CCNC(CO)c4ccccc4)c4ccc(Cl)cc4)CC3)c21. The van der Waals surface area contributed by atoms with Gasteiger partial charge in [0.25, 0.3) is 0 Å².